The standard InChI is InChI=1S/C14H17F3O.C2H5.Zn/c1-2-3-4-5-6-13(18)11-7-9-12(10-8-11)14(15,16)17;1-2;/h5-10,13,18H,2-4H2,1H3;1H2,2H3;/q;-1;/b6-5+;;/t13-;;/m0../s1. The second-order valence-electron chi connectivity index (χ2n) is 4.13. The van der Waals surface area contributed by atoms with E-state index in [0.717, 1.165) is 31.4 Å². The minimum atomic E-state index is -4.33. The van der Waals surface area contributed by atoms with Gasteiger partial charge in [0.1, 0.15) is 0 Å². The number of halogens is 3. The third-order valence-corrected chi connectivity index (χ3v) is 2.62. The number of alkyl halides is 3. The molecule has 0 unspecified atom stereocenters. The Morgan fingerprint density at radius 1 is 1.19 bits per heavy atom. The van der Waals surface area contributed by atoms with Crippen molar-refractivity contribution in [1.82, 2.24) is 0 Å². The molecule has 0 saturated heterocycles. The molecule has 0 spiro atoms. The maximum Gasteiger partial charge on any atom is 0.416 e. The van der Waals surface area contributed by atoms with Crippen molar-refractivity contribution in [2.75, 3.05) is 0 Å². The van der Waals surface area contributed by atoms with Crippen molar-refractivity contribution < 1.29 is 37.8 Å². The van der Waals surface area contributed by atoms with Gasteiger partial charge in [-0.3, -0.25) is 0 Å². The summed E-state index contributed by atoms with van der Waals surface area (Å²) in [6, 6.07) is 4.58. The number of hydrogen-bond acceptors (Lipinski definition) is 1. The molecule has 0 radical (unpaired) electrons. The van der Waals surface area contributed by atoms with Gasteiger partial charge in [0.25, 0.3) is 0 Å². The predicted molar refractivity (Wildman–Crippen MR) is 76.1 cm³/mol. The first-order valence-corrected chi connectivity index (χ1v) is 6.67. The third kappa shape index (κ3) is 9.05. The quantitative estimate of drug-likeness (QED) is 0.329. The molecule has 0 aromatic heterocycles. The van der Waals surface area contributed by atoms with Crippen LogP contribution in [0.25, 0.3) is 0 Å². The second-order valence-corrected chi connectivity index (χ2v) is 4.13. The Balaban J connectivity index is 0. The molecule has 0 aliphatic carbocycles. The third-order valence-electron chi connectivity index (χ3n) is 2.62. The number of aliphatic hydroxyl groups is 1. The normalized spacial score (nSPS) is 12.3. The van der Waals surface area contributed by atoms with Gasteiger partial charge in [-0.25, -0.2) is 0 Å². The van der Waals surface area contributed by atoms with Crippen molar-refractivity contribution >= 4 is 0 Å². The molecule has 116 valence electrons. The van der Waals surface area contributed by atoms with Crippen LogP contribution in [0.1, 0.15) is 50.3 Å². The Labute approximate surface area is 138 Å². The SMILES string of the molecule is CCCC/C=C/[C@H](O)c1ccc(C(F)(F)F)cc1.[CH2-]C.[Zn]. The molecular weight excluding hydrogens is 331 g/mol. The summed E-state index contributed by atoms with van der Waals surface area (Å²) in [4.78, 5) is 0. The first kappa shape index (κ1) is 22.6. The van der Waals surface area contributed by atoms with Gasteiger partial charge in [-0.05, 0) is 24.1 Å². The Morgan fingerprint density at radius 2 is 1.71 bits per heavy atom. The minimum absolute atomic E-state index is 0. The van der Waals surface area contributed by atoms with Gasteiger partial charge in [0.05, 0.1) is 11.7 Å². The van der Waals surface area contributed by atoms with Crippen LogP contribution in [0, 0.1) is 6.92 Å². The zero-order chi connectivity index (χ0) is 15.6. The van der Waals surface area contributed by atoms with Crippen molar-refractivity contribution in [2.45, 2.75) is 45.4 Å². The Bertz CT molecular complexity index is 386. The van der Waals surface area contributed by atoms with Crippen LogP contribution in [-0.4, -0.2) is 5.11 Å². The smallest absolute Gasteiger partial charge is 0.384 e. The van der Waals surface area contributed by atoms with Crippen molar-refractivity contribution in [3.05, 3.63) is 54.5 Å². The summed E-state index contributed by atoms with van der Waals surface area (Å²) in [5, 5.41) is 9.75. The van der Waals surface area contributed by atoms with E-state index in [9.17, 15) is 18.3 Å². The molecule has 1 atom stereocenters. The van der Waals surface area contributed by atoms with Crippen molar-refractivity contribution in [3.8, 4) is 0 Å². The van der Waals surface area contributed by atoms with Gasteiger partial charge in [0.2, 0.25) is 0 Å². The molecule has 0 amide bonds. The van der Waals surface area contributed by atoms with Crippen LogP contribution in [0.2, 0.25) is 0 Å². The first-order valence-electron chi connectivity index (χ1n) is 6.67. The van der Waals surface area contributed by atoms with Crippen molar-refractivity contribution in [3.63, 3.8) is 0 Å². The van der Waals surface area contributed by atoms with Gasteiger partial charge < -0.3 is 12.0 Å². The summed E-state index contributed by atoms with van der Waals surface area (Å²) in [6.07, 6.45) is 1.26. The molecule has 1 nitrogen and oxygen atoms in total. The molecule has 0 aliphatic heterocycles. The Hall–Kier alpha value is -0.667. The molecule has 0 fully saturated rings. The number of aliphatic hydroxyl groups excluding tert-OH is 1. The van der Waals surface area contributed by atoms with Gasteiger partial charge in [-0.1, -0.05) is 44.1 Å². The zero-order valence-electron chi connectivity index (χ0n) is 12.7. The molecule has 1 rings (SSSR count). The van der Waals surface area contributed by atoms with E-state index < -0.39 is 17.8 Å². The van der Waals surface area contributed by atoms with E-state index in [0.29, 0.717) is 5.56 Å². The van der Waals surface area contributed by atoms with Crippen LogP contribution in [0.5, 0.6) is 0 Å². The molecule has 0 aliphatic rings. The van der Waals surface area contributed by atoms with Gasteiger partial charge in [0, 0.05) is 19.5 Å². The number of rotatable bonds is 5. The van der Waals surface area contributed by atoms with E-state index >= 15 is 0 Å². The molecule has 1 aromatic carbocycles. The fourth-order valence-electron chi connectivity index (χ4n) is 1.53. The van der Waals surface area contributed by atoms with Crippen LogP contribution in [0.15, 0.2) is 36.4 Å². The Morgan fingerprint density at radius 3 is 2.14 bits per heavy atom. The fraction of sp³-hybridized carbons (Fsp3) is 0.438. The van der Waals surface area contributed by atoms with Crippen LogP contribution in [0.3, 0.4) is 0 Å². The number of unbranched alkanes of at least 4 members (excludes halogenated alkanes) is 2. The fourth-order valence-corrected chi connectivity index (χ4v) is 1.53. The summed E-state index contributed by atoms with van der Waals surface area (Å²) in [5.41, 5.74) is -0.232. The van der Waals surface area contributed by atoms with E-state index in [-0.39, 0.29) is 19.5 Å². The molecule has 0 bridgehead atoms. The average Bonchev–Trinajstić information content (AvgIpc) is 2.45. The summed E-state index contributed by atoms with van der Waals surface area (Å²) in [7, 11) is 0. The topological polar surface area (TPSA) is 20.2 Å². The zero-order valence-corrected chi connectivity index (χ0v) is 15.6. The average molecular weight is 353 g/mol. The minimum Gasteiger partial charge on any atom is -0.384 e. The second kappa shape index (κ2) is 11.9. The summed E-state index contributed by atoms with van der Waals surface area (Å²) in [5.74, 6) is 0. The Kier molecular flexibility index (Phi) is 12.9. The number of hydrogen-bond donors (Lipinski definition) is 1. The van der Waals surface area contributed by atoms with E-state index in [4.69, 9.17) is 0 Å². The predicted octanol–water partition coefficient (Wildman–Crippen LogP) is 5.32. The molecule has 1 aromatic rings. The van der Waals surface area contributed by atoms with Gasteiger partial charge in [-0.15, -0.1) is 0 Å². The van der Waals surface area contributed by atoms with E-state index in [1.165, 1.54) is 12.1 Å². The van der Waals surface area contributed by atoms with Crippen molar-refractivity contribution in [1.29, 1.82) is 0 Å². The van der Waals surface area contributed by atoms with Crippen LogP contribution >= 0.6 is 0 Å². The summed E-state index contributed by atoms with van der Waals surface area (Å²) < 4.78 is 37.0. The van der Waals surface area contributed by atoms with Crippen LogP contribution in [0.4, 0.5) is 13.2 Å². The number of allylic oxidation sites excluding steroid dienone is 1. The summed E-state index contributed by atoms with van der Waals surface area (Å²) in [6.45, 7) is 7.07. The maximum absolute atomic E-state index is 12.3. The monoisotopic (exact) mass is 351 g/mol. The number of benzene rings is 1. The van der Waals surface area contributed by atoms with E-state index in [2.05, 4.69) is 13.8 Å². The van der Waals surface area contributed by atoms with Gasteiger partial charge >= 0.3 is 6.18 Å². The van der Waals surface area contributed by atoms with Crippen molar-refractivity contribution in [2.24, 2.45) is 0 Å². The molecular formula is C16H22F3OZn-. The van der Waals surface area contributed by atoms with Crippen LogP contribution in [-0.2, 0) is 25.7 Å². The summed E-state index contributed by atoms with van der Waals surface area (Å²) >= 11 is 0. The molecule has 21 heavy (non-hydrogen) atoms. The maximum atomic E-state index is 12.3. The molecule has 0 heterocycles. The van der Waals surface area contributed by atoms with Gasteiger partial charge in [0.15, 0.2) is 0 Å². The largest absolute Gasteiger partial charge is 0.416 e. The van der Waals surface area contributed by atoms with Gasteiger partial charge in [-0.2, -0.15) is 20.1 Å². The van der Waals surface area contributed by atoms with Crippen LogP contribution < -0.4 is 0 Å². The van der Waals surface area contributed by atoms with E-state index in [1.807, 2.05) is 6.08 Å². The molecule has 5 heteroatoms. The molecule has 1 N–H and O–H groups in total. The van der Waals surface area contributed by atoms with E-state index in [1.54, 1.807) is 13.0 Å². The first-order chi connectivity index (χ1) is 9.45. The molecule has 0 saturated carbocycles.